The normalized spacial score (nSPS) is 25.7. The molecule has 0 radical (unpaired) electrons. The summed E-state index contributed by atoms with van der Waals surface area (Å²) >= 11 is 0. The Bertz CT molecular complexity index is 2530. The summed E-state index contributed by atoms with van der Waals surface area (Å²) in [6.07, 6.45) is 6.69. The van der Waals surface area contributed by atoms with Crippen molar-refractivity contribution in [2.45, 2.75) is 96.6 Å². The zero-order valence-electron chi connectivity index (χ0n) is 39.0. The van der Waals surface area contributed by atoms with Gasteiger partial charge in [-0.05, 0) is 61.6 Å². The van der Waals surface area contributed by atoms with Crippen molar-refractivity contribution in [1.29, 1.82) is 10.5 Å². The third kappa shape index (κ3) is 9.12. The molecule has 2 aliphatic carbocycles. The number of carbonyl (C=O) groups excluding carboxylic acids is 5. The zero-order valence-corrected chi connectivity index (χ0v) is 39.0. The fraction of sp³-hybridized carbons (Fsp3) is 0.540. The number of aromatic nitrogens is 2. The lowest BCUT2D eigenvalue weighted by atomic mass is 9.49. The minimum atomic E-state index is -1.02. The lowest BCUT2D eigenvalue weighted by Crippen LogP contribution is -2.74. The number of imide groups is 2. The number of hydrogen-bond donors (Lipinski definition) is 2. The first-order valence-electron chi connectivity index (χ1n) is 23.7. The van der Waals surface area contributed by atoms with E-state index >= 15 is 0 Å². The summed E-state index contributed by atoms with van der Waals surface area (Å²) < 4.78 is 18.4. The average Bonchev–Trinajstić information content (AvgIpc) is 3.57. The molecule has 5 fully saturated rings. The Balaban J connectivity index is 0.767. The van der Waals surface area contributed by atoms with Crippen LogP contribution in [-0.2, 0) is 14.3 Å². The molecule has 1 unspecified atom stereocenters. The first kappa shape index (κ1) is 46.6. The second-order valence-electron chi connectivity index (χ2n) is 20.1. The molecule has 18 heteroatoms. The van der Waals surface area contributed by atoms with Gasteiger partial charge < -0.3 is 24.4 Å². The van der Waals surface area contributed by atoms with Crippen molar-refractivity contribution in [3.05, 3.63) is 76.7 Å². The number of ether oxygens (including phenoxy) is 3. The van der Waals surface area contributed by atoms with Crippen LogP contribution in [0.4, 0.5) is 5.82 Å². The minimum Gasteiger partial charge on any atom is -0.490 e. The molecule has 4 aliphatic heterocycles. The molecule has 9 rings (SSSR count). The number of anilines is 1. The molecular formula is C50H58N10O8. The molecule has 18 nitrogen and oxygen atoms in total. The molecule has 1 aromatic heterocycles. The van der Waals surface area contributed by atoms with E-state index in [1.807, 2.05) is 33.8 Å². The van der Waals surface area contributed by atoms with Gasteiger partial charge in [0.2, 0.25) is 11.8 Å². The monoisotopic (exact) mass is 926 g/mol. The van der Waals surface area contributed by atoms with Crippen molar-refractivity contribution in [1.82, 2.24) is 35.3 Å². The molecule has 2 N–H and O–H groups in total. The van der Waals surface area contributed by atoms with E-state index in [4.69, 9.17) is 19.2 Å². The molecule has 5 amide bonds. The van der Waals surface area contributed by atoms with E-state index < -0.39 is 40.5 Å². The molecular weight excluding hydrogens is 869 g/mol. The maximum absolute atomic E-state index is 13.6. The Kier molecular flexibility index (Phi) is 13.0. The predicted octanol–water partition coefficient (Wildman–Crippen LogP) is 3.69. The Hall–Kier alpha value is -6.47. The number of nitrogens with zero attached hydrogens (tertiary/aromatic N) is 8. The van der Waals surface area contributed by atoms with Crippen LogP contribution in [0.3, 0.4) is 0 Å². The summed E-state index contributed by atoms with van der Waals surface area (Å²) in [6.45, 7) is 16.0. The first-order valence-corrected chi connectivity index (χ1v) is 23.7. The van der Waals surface area contributed by atoms with Crippen molar-refractivity contribution in [3.63, 3.8) is 0 Å². The quantitative estimate of drug-likeness (QED) is 0.220. The number of nitrogens with one attached hydrogen (secondary N) is 2. The highest BCUT2D eigenvalue weighted by Gasteiger charge is 2.64. The molecule has 2 saturated carbocycles. The van der Waals surface area contributed by atoms with Gasteiger partial charge in [0.15, 0.2) is 0 Å². The van der Waals surface area contributed by atoms with E-state index in [-0.39, 0.29) is 59.4 Å². The average molecular weight is 927 g/mol. The van der Waals surface area contributed by atoms with Gasteiger partial charge in [-0.2, -0.15) is 10.5 Å². The second-order valence-corrected chi connectivity index (χ2v) is 20.1. The third-order valence-electron chi connectivity index (χ3n) is 15.0. The van der Waals surface area contributed by atoms with Crippen LogP contribution >= 0.6 is 0 Å². The van der Waals surface area contributed by atoms with E-state index in [2.05, 4.69) is 36.4 Å². The Morgan fingerprint density at radius 2 is 1.56 bits per heavy atom. The topological polar surface area (TPSA) is 223 Å². The standard InChI is InChI=1S/C50H58N10O8/c1-49(2)47(50(3,4)48(49)68-34-6-5-31(25-51)32(21-34)26-52)56-43(62)39-27-54-41(28-53-39)58-13-11-30(12-14-58)29-59(16-15-57-17-19-66-20-18-57)33-22-36(23-33)67-35-7-8-37-38(24-35)46(65)60(45(37)64)40-9-10-42(61)55-44(40)63/h5-8,21,24,27-28,30,33,36,40,47-48H,9-20,22-23,29H2,1-4H3,(H,56,62)(H,55,61,63). The maximum Gasteiger partial charge on any atom is 0.271 e. The van der Waals surface area contributed by atoms with Crippen molar-refractivity contribution in [2.75, 3.05) is 63.9 Å². The number of piperidine rings is 2. The third-order valence-corrected chi connectivity index (χ3v) is 15.0. The molecule has 2 aromatic carbocycles. The van der Waals surface area contributed by atoms with Gasteiger partial charge in [0.25, 0.3) is 17.7 Å². The molecule has 0 spiro atoms. The number of morpholine rings is 1. The lowest BCUT2D eigenvalue weighted by Gasteiger charge is -2.63. The fourth-order valence-corrected chi connectivity index (χ4v) is 11.4. The molecule has 0 bridgehead atoms. The number of nitriles is 2. The van der Waals surface area contributed by atoms with Crippen LogP contribution in [0.2, 0.25) is 0 Å². The summed E-state index contributed by atoms with van der Waals surface area (Å²) in [5.74, 6) is -0.229. The number of hydrogen-bond acceptors (Lipinski definition) is 15. The van der Waals surface area contributed by atoms with Gasteiger partial charge in [-0.3, -0.25) is 44.0 Å². The van der Waals surface area contributed by atoms with Crippen molar-refractivity contribution in [3.8, 4) is 23.6 Å². The summed E-state index contributed by atoms with van der Waals surface area (Å²) in [7, 11) is 0. The molecule has 3 aromatic rings. The van der Waals surface area contributed by atoms with Crippen LogP contribution in [0.15, 0.2) is 48.8 Å². The van der Waals surface area contributed by atoms with Crippen LogP contribution in [-0.4, -0.2) is 144 Å². The zero-order chi connectivity index (χ0) is 47.9. The van der Waals surface area contributed by atoms with E-state index in [0.29, 0.717) is 29.0 Å². The number of amides is 5. The van der Waals surface area contributed by atoms with Crippen molar-refractivity contribution in [2.24, 2.45) is 16.7 Å². The van der Waals surface area contributed by atoms with Gasteiger partial charge in [0.05, 0.1) is 47.9 Å². The minimum absolute atomic E-state index is 0.0508. The van der Waals surface area contributed by atoms with E-state index in [1.54, 1.807) is 48.8 Å². The Morgan fingerprint density at radius 1 is 0.868 bits per heavy atom. The van der Waals surface area contributed by atoms with Gasteiger partial charge in [-0.15, -0.1) is 0 Å². The molecule has 1 atom stereocenters. The van der Waals surface area contributed by atoms with Gasteiger partial charge in [0.1, 0.15) is 53.4 Å². The smallest absolute Gasteiger partial charge is 0.271 e. The lowest BCUT2D eigenvalue weighted by molar-refractivity contribution is -0.164. The van der Waals surface area contributed by atoms with Crippen molar-refractivity contribution >= 4 is 35.4 Å². The molecule has 356 valence electrons. The number of rotatable bonds is 14. The van der Waals surface area contributed by atoms with Gasteiger partial charge in [-0.1, -0.05) is 27.7 Å². The summed E-state index contributed by atoms with van der Waals surface area (Å²) in [6, 6.07) is 12.9. The number of benzene rings is 2. The Labute approximate surface area is 395 Å². The largest absolute Gasteiger partial charge is 0.490 e. The fourth-order valence-electron chi connectivity index (χ4n) is 11.4. The SMILES string of the molecule is CC1(C)C(NC(=O)c2cnc(N3CCC(CN(CCN4CCOCC4)C4CC(Oc5ccc6c(c5)C(=O)N(C5CCC(=O)NC5=O)C6=O)C4)CC3)cn2)C(C)(C)C1Oc1ccc(C#N)c(C#N)c1. The van der Waals surface area contributed by atoms with Gasteiger partial charge >= 0.3 is 0 Å². The molecule has 68 heavy (non-hydrogen) atoms. The van der Waals surface area contributed by atoms with Crippen LogP contribution in [0.1, 0.15) is 109 Å². The summed E-state index contributed by atoms with van der Waals surface area (Å²) in [5, 5.41) is 24.2. The highest BCUT2D eigenvalue weighted by molar-refractivity contribution is 6.23. The summed E-state index contributed by atoms with van der Waals surface area (Å²) in [4.78, 5) is 81.9. The van der Waals surface area contributed by atoms with E-state index in [1.165, 1.54) is 0 Å². The van der Waals surface area contributed by atoms with Crippen LogP contribution < -0.4 is 25.0 Å². The van der Waals surface area contributed by atoms with Gasteiger partial charge in [0, 0.05) is 88.0 Å². The molecule has 6 aliphatic rings. The molecule has 3 saturated heterocycles. The van der Waals surface area contributed by atoms with E-state index in [9.17, 15) is 34.5 Å². The maximum atomic E-state index is 13.6. The number of fused-ring (bicyclic) bond motifs is 1. The highest BCUT2D eigenvalue weighted by Crippen LogP contribution is 2.55. The van der Waals surface area contributed by atoms with Crippen LogP contribution in [0.5, 0.6) is 11.5 Å². The molecule has 5 heterocycles. The van der Waals surface area contributed by atoms with Gasteiger partial charge in [-0.25, -0.2) is 9.97 Å². The Morgan fingerprint density at radius 3 is 2.24 bits per heavy atom. The predicted molar refractivity (Wildman–Crippen MR) is 245 cm³/mol. The van der Waals surface area contributed by atoms with Crippen LogP contribution in [0, 0.1) is 39.4 Å². The number of carbonyl (C=O) groups is 5. The van der Waals surface area contributed by atoms with Crippen LogP contribution in [0.25, 0.3) is 0 Å². The first-order chi connectivity index (χ1) is 32.6. The summed E-state index contributed by atoms with van der Waals surface area (Å²) in [5.41, 5.74) is 0.311. The highest BCUT2D eigenvalue weighted by atomic mass is 16.5. The van der Waals surface area contributed by atoms with E-state index in [0.717, 1.165) is 95.4 Å². The second kappa shape index (κ2) is 18.9. The van der Waals surface area contributed by atoms with Crippen molar-refractivity contribution < 1.29 is 38.2 Å².